The Balaban J connectivity index is 1.68. The molecule has 5 rings (SSSR count). The first-order valence-electron chi connectivity index (χ1n) is 13.9. The molecule has 0 saturated heterocycles. The summed E-state index contributed by atoms with van der Waals surface area (Å²) in [6.07, 6.45) is 9.45. The summed E-state index contributed by atoms with van der Waals surface area (Å²) >= 11 is 0. The van der Waals surface area contributed by atoms with Crippen LogP contribution in [0.5, 0.6) is 0 Å². The second-order valence-corrected chi connectivity index (χ2v) is 14.9. The molecule has 5 nitrogen and oxygen atoms in total. The minimum Gasteiger partial charge on any atom is -0.481 e. The lowest BCUT2D eigenvalue weighted by atomic mass is 9.34. The fourth-order valence-corrected chi connectivity index (χ4v) is 10.7. The zero-order valence-corrected chi connectivity index (χ0v) is 22.6. The fourth-order valence-electron chi connectivity index (χ4n) is 10.7. The van der Waals surface area contributed by atoms with E-state index in [-0.39, 0.29) is 34.0 Å². The van der Waals surface area contributed by atoms with Crippen LogP contribution in [0.15, 0.2) is 11.6 Å². The van der Waals surface area contributed by atoms with Crippen LogP contribution >= 0.6 is 0 Å². The van der Waals surface area contributed by atoms with Gasteiger partial charge in [-0.25, -0.2) is 0 Å². The van der Waals surface area contributed by atoms with Crippen molar-refractivity contribution in [1.82, 2.24) is 0 Å². The molecule has 5 heteroatoms. The molecule has 3 N–H and O–H groups in total. The van der Waals surface area contributed by atoms with Gasteiger partial charge in [0.2, 0.25) is 0 Å². The first-order chi connectivity index (χ1) is 16.1. The predicted molar refractivity (Wildman–Crippen MR) is 135 cm³/mol. The van der Waals surface area contributed by atoms with Gasteiger partial charge in [0.25, 0.3) is 0 Å². The van der Waals surface area contributed by atoms with Gasteiger partial charge in [0.05, 0.1) is 16.9 Å². The van der Waals surface area contributed by atoms with Gasteiger partial charge in [0, 0.05) is 0 Å². The summed E-state index contributed by atoms with van der Waals surface area (Å²) in [5.41, 5.74) is -1.38. The van der Waals surface area contributed by atoms with Gasteiger partial charge >= 0.3 is 11.9 Å². The molecule has 5 aliphatic rings. The molecule has 0 aromatic heterocycles. The summed E-state index contributed by atoms with van der Waals surface area (Å²) in [5.74, 6) is -1.92. The number of carboxylic acid groups (broad SMARTS) is 2. The third kappa shape index (κ3) is 2.97. The Hall–Kier alpha value is -1.36. The molecule has 0 aliphatic heterocycles. The molecule has 4 fully saturated rings. The molecule has 0 bridgehead atoms. The van der Waals surface area contributed by atoms with E-state index in [2.05, 4.69) is 33.8 Å². The zero-order chi connectivity index (χ0) is 25.8. The van der Waals surface area contributed by atoms with Gasteiger partial charge in [0.15, 0.2) is 0 Å². The maximum absolute atomic E-state index is 13.4. The Morgan fingerprint density at radius 2 is 1.49 bits per heavy atom. The number of aliphatic hydroxyl groups is 1. The Kier molecular flexibility index (Phi) is 5.32. The lowest BCUT2D eigenvalue weighted by molar-refractivity contribution is -0.211. The minimum atomic E-state index is -1.06. The minimum absolute atomic E-state index is 0.0177. The highest BCUT2D eigenvalue weighted by molar-refractivity contribution is 5.83. The topological polar surface area (TPSA) is 94.8 Å². The van der Waals surface area contributed by atoms with Crippen LogP contribution in [-0.2, 0) is 9.59 Å². The van der Waals surface area contributed by atoms with Gasteiger partial charge in [-0.3, -0.25) is 9.59 Å². The number of hydrogen-bond donors (Lipinski definition) is 3. The molecule has 35 heavy (non-hydrogen) atoms. The maximum Gasteiger partial charge on any atom is 0.314 e. The van der Waals surface area contributed by atoms with E-state index in [1.165, 1.54) is 6.42 Å². The van der Waals surface area contributed by atoms with E-state index >= 15 is 0 Å². The number of hydrogen-bond acceptors (Lipinski definition) is 3. The van der Waals surface area contributed by atoms with Gasteiger partial charge < -0.3 is 15.3 Å². The number of fused-ring (bicyclic) bond motifs is 7. The summed E-state index contributed by atoms with van der Waals surface area (Å²) in [5, 5.41) is 32.6. The Labute approximate surface area is 210 Å². The SMILES string of the molecule is CC1(C)CCC2(C)CCC3(C(=O)O)C4CCC5C(C(=O)O)(CCC(O)C5(C)C)C4=CCC3C2(C)C1. The number of aliphatic carboxylic acids is 2. The quantitative estimate of drug-likeness (QED) is 0.398. The molecule has 0 heterocycles. The van der Waals surface area contributed by atoms with Gasteiger partial charge in [-0.2, -0.15) is 0 Å². The fraction of sp³-hybridized carbons (Fsp3) is 0.867. The van der Waals surface area contributed by atoms with E-state index in [9.17, 15) is 24.9 Å². The average molecular weight is 487 g/mol. The number of carbonyl (C=O) groups is 2. The number of aliphatic hydroxyl groups excluding tert-OH is 1. The van der Waals surface area contributed by atoms with E-state index < -0.39 is 34.3 Å². The Morgan fingerprint density at radius 1 is 0.829 bits per heavy atom. The van der Waals surface area contributed by atoms with Gasteiger partial charge in [0.1, 0.15) is 0 Å². The van der Waals surface area contributed by atoms with Crippen LogP contribution in [0.3, 0.4) is 0 Å². The summed E-state index contributed by atoms with van der Waals surface area (Å²) in [6.45, 7) is 13.4. The normalized spacial score (nSPS) is 50.0. The van der Waals surface area contributed by atoms with Crippen molar-refractivity contribution in [1.29, 1.82) is 0 Å². The number of rotatable bonds is 2. The number of allylic oxidation sites excluding steroid dienone is 1. The van der Waals surface area contributed by atoms with Gasteiger partial charge in [-0.05, 0) is 104 Å². The molecular weight excluding hydrogens is 440 g/mol. The molecule has 196 valence electrons. The van der Waals surface area contributed by atoms with Crippen molar-refractivity contribution in [3.05, 3.63) is 11.6 Å². The van der Waals surface area contributed by atoms with E-state index in [0.717, 1.165) is 24.8 Å². The average Bonchev–Trinajstić information content (AvgIpc) is 2.76. The third-order valence-corrected chi connectivity index (χ3v) is 12.8. The monoisotopic (exact) mass is 486 g/mol. The first kappa shape index (κ1) is 25.3. The van der Waals surface area contributed by atoms with Crippen LogP contribution in [0.1, 0.15) is 106 Å². The van der Waals surface area contributed by atoms with E-state index in [1.807, 2.05) is 13.8 Å². The second kappa shape index (κ2) is 7.36. The van der Waals surface area contributed by atoms with Crippen molar-refractivity contribution >= 4 is 11.9 Å². The molecule has 0 spiro atoms. The van der Waals surface area contributed by atoms with Crippen LogP contribution in [0.4, 0.5) is 0 Å². The standard InChI is InChI=1S/C30H46O5/c1-25(2)13-14-27(5)15-16-30(24(34)35)19-7-9-20-26(3,4)22(31)11-12-29(20,23(32)33)18(19)8-10-21(30)28(27,6)17-25/h8,19-22,31H,7,9-17H2,1-6H3,(H,32,33)(H,34,35). The molecule has 0 radical (unpaired) electrons. The van der Waals surface area contributed by atoms with Crippen molar-refractivity contribution in [3.63, 3.8) is 0 Å². The Bertz CT molecular complexity index is 979. The summed E-state index contributed by atoms with van der Waals surface area (Å²) in [6, 6.07) is 0. The first-order valence-corrected chi connectivity index (χ1v) is 13.9. The summed E-state index contributed by atoms with van der Waals surface area (Å²) in [4.78, 5) is 26.6. The second-order valence-electron chi connectivity index (χ2n) is 14.9. The van der Waals surface area contributed by atoms with Crippen molar-refractivity contribution in [2.45, 2.75) is 112 Å². The van der Waals surface area contributed by atoms with E-state index in [0.29, 0.717) is 38.5 Å². The highest BCUT2D eigenvalue weighted by Gasteiger charge is 2.72. The lowest BCUT2D eigenvalue weighted by Crippen LogP contribution is -2.66. The Morgan fingerprint density at radius 3 is 2.11 bits per heavy atom. The molecule has 0 aromatic rings. The van der Waals surface area contributed by atoms with Crippen LogP contribution in [0.2, 0.25) is 0 Å². The van der Waals surface area contributed by atoms with Crippen LogP contribution in [0.25, 0.3) is 0 Å². The van der Waals surface area contributed by atoms with Crippen LogP contribution < -0.4 is 0 Å². The van der Waals surface area contributed by atoms with Crippen LogP contribution in [0, 0.1) is 50.2 Å². The van der Waals surface area contributed by atoms with E-state index in [1.54, 1.807) is 0 Å². The smallest absolute Gasteiger partial charge is 0.314 e. The lowest BCUT2D eigenvalue weighted by Gasteiger charge is -2.69. The number of carboxylic acids is 2. The largest absolute Gasteiger partial charge is 0.481 e. The zero-order valence-electron chi connectivity index (χ0n) is 22.6. The summed E-state index contributed by atoms with van der Waals surface area (Å²) < 4.78 is 0. The molecular formula is C30H46O5. The van der Waals surface area contributed by atoms with Crippen molar-refractivity contribution < 1.29 is 24.9 Å². The molecule has 5 aliphatic carbocycles. The molecule has 8 atom stereocenters. The highest BCUT2D eigenvalue weighted by Crippen LogP contribution is 2.75. The molecule has 0 aromatic carbocycles. The van der Waals surface area contributed by atoms with Crippen LogP contribution in [-0.4, -0.2) is 33.4 Å². The van der Waals surface area contributed by atoms with Gasteiger partial charge in [-0.15, -0.1) is 0 Å². The molecule has 0 amide bonds. The third-order valence-electron chi connectivity index (χ3n) is 12.8. The molecule has 4 saturated carbocycles. The predicted octanol–water partition coefficient (Wildman–Crippen LogP) is 6.30. The maximum atomic E-state index is 13.4. The summed E-state index contributed by atoms with van der Waals surface area (Å²) in [7, 11) is 0. The van der Waals surface area contributed by atoms with E-state index in [4.69, 9.17) is 0 Å². The van der Waals surface area contributed by atoms with Crippen molar-refractivity contribution in [2.24, 2.45) is 50.2 Å². The van der Waals surface area contributed by atoms with Crippen molar-refractivity contribution in [3.8, 4) is 0 Å². The van der Waals surface area contributed by atoms with Crippen molar-refractivity contribution in [2.75, 3.05) is 0 Å². The highest BCUT2D eigenvalue weighted by atomic mass is 16.4. The molecule has 8 unspecified atom stereocenters. The van der Waals surface area contributed by atoms with Gasteiger partial charge in [-0.1, -0.05) is 53.2 Å².